The number of fused-ring (bicyclic) bond motifs is 3. The summed E-state index contributed by atoms with van der Waals surface area (Å²) in [4.78, 5) is 27.4. The van der Waals surface area contributed by atoms with Crippen LogP contribution in [0.5, 0.6) is 0 Å². The van der Waals surface area contributed by atoms with E-state index in [4.69, 9.17) is 19.5 Å². The summed E-state index contributed by atoms with van der Waals surface area (Å²) in [6, 6.07) is 12.4. The van der Waals surface area contributed by atoms with Crippen molar-refractivity contribution in [2.45, 2.75) is 57.3 Å². The molecule has 9 heteroatoms. The Hall–Kier alpha value is -3.01. The third-order valence-electron chi connectivity index (χ3n) is 7.59. The van der Waals surface area contributed by atoms with E-state index in [1.54, 1.807) is 7.05 Å². The first-order valence-corrected chi connectivity index (χ1v) is 12.9. The average molecular weight is 491 g/mol. The van der Waals surface area contributed by atoms with Crippen LogP contribution < -0.4 is 10.6 Å². The van der Waals surface area contributed by atoms with Gasteiger partial charge in [-0.1, -0.05) is 12.1 Å². The van der Waals surface area contributed by atoms with Crippen molar-refractivity contribution >= 4 is 17.6 Å². The van der Waals surface area contributed by atoms with Gasteiger partial charge in [0.1, 0.15) is 11.7 Å². The fraction of sp³-hybridized carbons (Fsp3) is 0.519. The molecule has 9 nitrogen and oxygen atoms in total. The number of carbonyl (C=O) groups is 1. The maximum absolute atomic E-state index is 12.2. The maximum atomic E-state index is 12.2. The van der Waals surface area contributed by atoms with Gasteiger partial charge in [0.15, 0.2) is 6.29 Å². The number of rotatable bonds is 3. The third kappa shape index (κ3) is 4.25. The fourth-order valence-electron chi connectivity index (χ4n) is 6.02. The van der Waals surface area contributed by atoms with E-state index >= 15 is 0 Å². The van der Waals surface area contributed by atoms with Crippen LogP contribution in [0.3, 0.4) is 0 Å². The van der Waals surface area contributed by atoms with Crippen molar-refractivity contribution in [2.24, 2.45) is 4.99 Å². The quantitative estimate of drug-likeness (QED) is 0.683. The van der Waals surface area contributed by atoms with Crippen molar-refractivity contribution in [3.05, 3.63) is 47.5 Å². The first-order chi connectivity index (χ1) is 17.5. The van der Waals surface area contributed by atoms with Crippen LogP contribution in [0.1, 0.15) is 42.6 Å². The second-order valence-electron chi connectivity index (χ2n) is 10.3. The average Bonchev–Trinajstić information content (AvgIpc) is 3.14. The lowest BCUT2D eigenvalue weighted by Crippen LogP contribution is -2.56. The van der Waals surface area contributed by atoms with Crippen LogP contribution >= 0.6 is 0 Å². The molecule has 1 aromatic heterocycles. The highest BCUT2D eigenvalue weighted by atomic mass is 16.5. The number of nitrogens with zero attached hydrogens (tertiary/aromatic N) is 4. The van der Waals surface area contributed by atoms with E-state index in [0.717, 1.165) is 67.6 Å². The highest BCUT2D eigenvalue weighted by molar-refractivity contribution is 6.04. The molecule has 6 rings (SSSR count). The molecule has 2 N–H and O–H groups in total. The van der Waals surface area contributed by atoms with Crippen LogP contribution in [0.15, 0.2) is 41.4 Å². The molecule has 0 aliphatic carbocycles. The van der Waals surface area contributed by atoms with E-state index in [0.29, 0.717) is 17.6 Å². The molecule has 5 atom stereocenters. The summed E-state index contributed by atoms with van der Waals surface area (Å²) in [5.41, 5.74) is 3.34. The predicted molar refractivity (Wildman–Crippen MR) is 138 cm³/mol. The molecule has 0 spiro atoms. The van der Waals surface area contributed by atoms with Crippen LogP contribution in [0.25, 0.3) is 11.3 Å². The van der Waals surface area contributed by atoms with E-state index in [1.807, 2.05) is 30.3 Å². The van der Waals surface area contributed by atoms with Crippen LogP contribution in [0, 0.1) is 0 Å². The fourth-order valence-corrected chi connectivity index (χ4v) is 6.02. The summed E-state index contributed by atoms with van der Waals surface area (Å²) < 4.78 is 11.9. The molecular weight excluding hydrogens is 456 g/mol. The minimum atomic E-state index is -0.192. The Balaban J connectivity index is 1.39. The third-order valence-corrected chi connectivity index (χ3v) is 7.59. The minimum Gasteiger partial charge on any atom is -0.378 e. The molecule has 3 fully saturated rings. The zero-order chi connectivity index (χ0) is 24.8. The van der Waals surface area contributed by atoms with E-state index < -0.39 is 0 Å². The summed E-state index contributed by atoms with van der Waals surface area (Å²) in [5, 5.41) is 6.35. The number of hydrogen-bond donors (Lipinski definition) is 2. The molecular formula is C27H34N6O3. The molecule has 3 saturated heterocycles. The molecule has 4 aliphatic heterocycles. The van der Waals surface area contributed by atoms with Gasteiger partial charge in [-0.15, -0.1) is 0 Å². The van der Waals surface area contributed by atoms with Gasteiger partial charge in [-0.3, -0.25) is 9.69 Å². The zero-order valence-corrected chi connectivity index (χ0v) is 21.1. The van der Waals surface area contributed by atoms with Crippen LogP contribution in [0.2, 0.25) is 0 Å². The monoisotopic (exact) mass is 490 g/mol. The lowest BCUT2D eigenvalue weighted by Gasteiger charge is -2.43. The Morgan fingerprint density at radius 3 is 2.56 bits per heavy atom. The Morgan fingerprint density at radius 2 is 1.83 bits per heavy atom. The van der Waals surface area contributed by atoms with Gasteiger partial charge in [0.2, 0.25) is 0 Å². The van der Waals surface area contributed by atoms with E-state index in [2.05, 4.69) is 40.3 Å². The van der Waals surface area contributed by atoms with Crippen LogP contribution in [-0.2, 0) is 9.47 Å². The number of amides is 1. The number of benzene rings is 1. The predicted octanol–water partition coefficient (Wildman–Crippen LogP) is 2.54. The Labute approximate surface area is 211 Å². The highest BCUT2D eigenvalue weighted by Gasteiger charge is 2.43. The van der Waals surface area contributed by atoms with Crippen molar-refractivity contribution in [1.29, 1.82) is 0 Å². The number of aromatic nitrogens is 1. The normalized spacial score (nSPS) is 29.8. The molecule has 2 bridgehead atoms. The molecule has 5 heterocycles. The number of pyridine rings is 1. The minimum absolute atomic E-state index is 0.110. The van der Waals surface area contributed by atoms with E-state index in [1.165, 1.54) is 0 Å². The van der Waals surface area contributed by atoms with Crippen LogP contribution in [0.4, 0.5) is 5.82 Å². The first kappa shape index (κ1) is 23.4. The number of morpholine rings is 2. The van der Waals surface area contributed by atoms with Gasteiger partial charge >= 0.3 is 0 Å². The van der Waals surface area contributed by atoms with Gasteiger partial charge in [-0.2, -0.15) is 0 Å². The maximum Gasteiger partial charge on any atom is 0.251 e. The lowest BCUT2D eigenvalue weighted by molar-refractivity contribution is -0.0490. The number of aliphatic imine (C=N–C) groups is 1. The number of anilines is 1. The second kappa shape index (κ2) is 9.46. The summed E-state index contributed by atoms with van der Waals surface area (Å²) >= 11 is 0. The molecule has 0 radical (unpaired) electrons. The van der Waals surface area contributed by atoms with Crippen molar-refractivity contribution in [3.63, 3.8) is 0 Å². The molecule has 190 valence electrons. The first-order valence-electron chi connectivity index (χ1n) is 12.9. The Kier molecular flexibility index (Phi) is 6.15. The van der Waals surface area contributed by atoms with Gasteiger partial charge in [0.25, 0.3) is 5.91 Å². The van der Waals surface area contributed by atoms with Crippen molar-refractivity contribution in [3.8, 4) is 11.3 Å². The van der Waals surface area contributed by atoms with Crippen molar-refractivity contribution < 1.29 is 14.3 Å². The number of amidine groups is 1. The molecule has 0 saturated carbocycles. The second-order valence-corrected chi connectivity index (χ2v) is 10.3. The molecule has 4 aliphatic rings. The van der Waals surface area contributed by atoms with Crippen LogP contribution in [-0.4, -0.2) is 90.5 Å². The van der Waals surface area contributed by atoms with Gasteiger partial charge in [0, 0.05) is 43.3 Å². The number of hydrogen-bond acceptors (Lipinski definition) is 8. The topological polar surface area (TPSA) is 91.3 Å². The standard InChI is InChI=1S/C27H34N6O3/c1-16-12-32(13-17(2)36-16)25-22-9-10-23(18-5-4-6-19(11-18)26(34)28-3)29-24(22)30-27(31-25)33-20-7-8-21(33)15-35-14-20/h4-6,9-11,16-17,20-21,27H,7-8,12-15H2,1-3H3,(H,28,34)(H,29,30). The number of ether oxygens (including phenoxy) is 2. The van der Waals surface area contributed by atoms with Crippen molar-refractivity contribution in [2.75, 3.05) is 38.7 Å². The Morgan fingerprint density at radius 1 is 1.08 bits per heavy atom. The van der Waals surface area contributed by atoms with Gasteiger partial charge in [-0.25, -0.2) is 9.98 Å². The van der Waals surface area contributed by atoms with Gasteiger partial charge in [0.05, 0.1) is 36.7 Å². The summed E-state index contributed by atoms with van der Waals surface area (Å²) in [6.45, 7) is 7.31. The molecule has 2 aromatic rings. The number of nitrogens with one attached hydrogen (secondary N) is 2. The lowest BCUT2D eigenvalue weighted by atomic mass is 10.0. The summed E-state index contributed by atoms with van der Waals surface area (Å²) in [7, 11) is 1.64. The van der Waals surface area contributed by atoms with Gasteiger partial charge < -0.3 is 25.0 Å². The summed E-state index contributed by atoms with van der Waals surface area (Å²) in [6.07, 6.45) is 2.33. The molecule has 1 amide bonds. The smallest absolute Gasteiger partial charge is 0.251 e. The van der Waals surface area contributed by atoms with Gasteiger partial charge in [-0.05, 0) is 51.0 Å². The number of carbonyl (C=O) groups excluding carboxylic acids is 1. The molecule has 1 aromatic carbocycles. The largest absolute Gasteiger partial charge is 0.378 e. The van der Waals surface area contributed by atoms with E-state index in [-0.39, 0.29) is 24.4 Å². The van der Waals surface area contributed by atoms with E-state index in [9.17, 15) is 4.79 Å². The zero-order valence-electron chi connectivity index (χ0n) is 21.1. The molecule has 5 unspecified atom stereocenters. The highest BCUT2D eigenvalue weighted by Crippen LogP contribution is 2.35. The SMILES string of the molecule is CNC(=O)c1cccc(-c2ccc3c(n2)NC(N2C4CCC2COC4)N=C3N2CC(C)OC(C)C2)c1. The Bertz CT molecular complexity index is 1160. The molecule has 36 heavy (non-hydrogen) atoms. The van der Waals surface area contributed by atoms with Crippen molar-refractivity contribution in [1.82, 2.24) is 20.1 Å². The summed E-state index contributed by atoms with van der Waals surface area (Å²) in [5.74, 6) is 1.69.